The number of benzene rings is 2. The number of amides is 3. The van der Waals surface area contributed by atoms with E-state index < -0.39 is 6.04 Å². The molecule has 1 saturated heterocycles. The van der Waals surface area contributed by atoms with E-state index in [4.69, 9.17) is 4.74 Å². The van der Waals surface area contributed by atoms with Gasteiger partial charge in [-0.3, -0.25) is 14.4 Å². The Kier molecular flexibility index (Phi) is 8.68. The molecule has 7 heteroatoms. The Bertz CT molecular complexity index is 993. The highest BCUT2D eigenvalue weighted by Gasteiger charge is 2.35. The van der Waals surface area contributed by atoms with Crippen LogP contribution in [0, 0.1) is 12.8 Å². The van der Waals surface area contributed by atoms with Gasteiger partial charge in [0.2, 0.25) is 5.91 Å². The molecular weight excluding hydrogens is 430 g/mol. The quantitative estimate of drug-likeness (QED) is 0.647. The zero-order valence-electron chi connectivity index (χ0n) is 20.5. The van der Waals surface area contributed by atoms with Crippen molar-refractivity contribution in [3.05, 3.63) is 65.2 Å². The van der Waals surface area contributed by atoms with Gasteiger partial charge in [0.25, 0.3) is 11.8 Å². The second-order valence-corrected chi connectivity index (χ2v) is 8.69. The van der Waals surface area contributed by atoms with E-state index in [9.17, 15) is 14.4 Å². The minimum Gasteiger partial charge on any atom is -0.497 e. The molecule has 1 heterocycles. The molecule has 3 rings (SSSR count). The van der Waals surface area contributed by atoms with Gasteiger partial charge in [0, 0.05) is 37.3 Å². The van der Waals surface area contributed by atoms with E-state index in [1.165, 1.54) is 0 Å². The minimum absolute atomic E-state index is 0.0102. The summed E-state index contributed by atoms with van der Waals surface area (Å²) in [6.45, 7) is 8.11. The fraction of sp³-hybridized carbons (Fsp3) is 0.444. The highest BCUT2D eigenvalue weighted by molar-refractivity contribution is 5.98. The van der Waals surface area contributed by atoms with E-state index in [0.29, 0.717) is 55.9 Å². The van der Waals surface area contributed by atoms with E-state index in [1.54, 1.807) is 36.3 Å². The Balaban J connectivity index is 1.72. The summed E-state index contributed by atoms with van der Waals surface area (Å²) in [6, 6.07) is 13.8. The summed E-state index contributed by atoms with van der Waals surface area (Å²) in [5.41, 5.74) is 2.21. The van der Waals surface area contributed by atoms with E-state index in [-0.39, 0.29) is 23.6 Å². The van der Waals surface area contributed by atoms with Gasteiger partial charge in [-0.15, -0.1) is 0 Å². The Hall–Kier alpha value is -3.35. The molecule has 2 aromatic carbocycles. The Morgan fingerprint density at radius 3 is 2.24 bits per heavy atom. The van der Waals surface area contributed by atoms with Crippen molar-refractivity contribution in [2.45, 2.75) is 39.7 Å². The lowest BCUT2D eigenvalue weighted by atomic mass is 9.87. The Labute approximate surface area is 202 Å². The molecule has 2 aromatic rings. The summed E-state index contributed by atoms with van der Waals surface area (Å²) in [5, 5.41) is 3.00. The third-order valence-corrected chi connectivity index (χ3v) is 6.54. The number of methoxy groups -OCH3 is 1. The van der Waals surface area contributed by atoms with Crippen LogP contribution in [0.3, 0.4) is 0 Å². The van der Waals surface area contributed by atoms with E-state index in [1.807, 2.05) is 49.9 Å². The summed E-state index contributed by atoms with van der Waals surface area (Å²) in [6.07, 6.45) is 1.30. The number of piperidine rings is 1. The predicted octanol–water partition coefficient (Wildman–Crippen LogP) is 3.52. The first-order valence-corrected chi connectivity index (χ1v) is 12.0. The number of nitrogens with one attached hydrogen (secondary N) is 1. The van der Waals surface area contributed by atoms with Crippen LogP contribution in [0.4, 0.5) is 0 Å². The summed E-state index contributed by atoms with van der Waals surface area (Å²) in [4.78, 5) is 42.9. The Morgan fingerprint density at radius 1 is 1.03 bits per heavy atom. The van der Waals surface area contributed by atoms with Gasteiger partial charge in [-0.05, 0) is 75.9 Å². The predicted molar refractivity (Wildman–Crippen MR) is 132 cm³/mol. The largest absolute Gasteiger partial charge is 0.497 e. The molecule has 0 saturated carbocycles. The fourth-order valence-corrected chi connectivity index (χ4v) is 4.48. The molecular formula is C27H35N3O4. The Morgan fingerprint density at radius 2 is 1.68 bits per heavy atom. The zero-order chi connectivity index (χ0) is 24.7. The number of aryl methyl sites for hydroxylation is 1. The number of rotatable bonds is 8. The summed E-state index contributed by atoms with van der Waals surface area (Å²) in [5.74, 6) is 0.271. The molecule has 1 unspecified atom stereocenters. The summed E-state index contributed by atoms with van der Waals surface area (Å²) < 4.78 is 5.17. The monoisotopic (exact) mass is 465 g/mol. The fourth-order valence-electron chi connectivity index (χ4n) is 4.48. The molecule has 0 aliphatic carbocycles. The van der Waals surface area contributed by atoms with Crippen molar-refractivity contribution in [3.8, 4) is 5.75 Å². The standard InChI is InChI=1S/C27H35N3O4/c1-5-29(6-2)27(33)24(28-25(31)21-10-12-23(34-4)13-11-21)20-14-16-30(17-15-20)26(32)22-9-7-8-19(3)18-22/h7-13,18,20,24H,5-6,14-17H2,1-4H3,(H,28,31). The van der Waals surface area contributed by atoms with Crippen molar-refractivity contribution in [1.29, 1.82) is 0 Å². The first-order valence-electron chi connectivity index (χ1n) is 12.0. The number of carbonyl (C=O) groups is 3. The topological polar surface area (TPSA) is 79.0 Å². The van der Waals surface area contributed by atoms with Gasteiger partial charge in [-0.25, -0.2) is 0 Å². The average Bonchev–Trinajstić information content (AvgIpc) is 2.87. The van der Waals surface area contributed by atoms with Gasteiger partial charge in [0.15, 0.2) is 0 Å². The number of carbonyl (C=O) groups excluding carboxylic acids is 3. The second kappa shape index (κ2) is 11.7. The maximum atomic E-state index is 13.4. The highest BCUT2D eigenvalue weighted by atomic mass is 16.5. The minimum atomic E-state index is -0.634. The van der Waals surface area contributed by atoms with Crippen molar-refractivity contribution in [2.75, 3.05) is 33.3 Å². The second-order valence-electron chi connectivity index (χ2n) is 8.69. The molecule has 1 fully saturated rings. The van der Waals surface area contributed by atoms with Crippen LogP contribution in [0.5, 0.6) is 5.75 Å². The van der Waals surface area contributed by atoms with Crippen molar-refractivity contribution in [2.24, 2.45) is 5.92 Å². The van der Waals surface area contributed by atoms with Crippen molar-refractivity contribution >= 4 is 17.7 Å². The normalized spacial score (nSPS) is 14.9. The molecule has 1 atom stereocenters. The van der Waals surface area contributed by atoms with Crippen LogP contribution in [0.2, 0.25) is 0 Å². The highest BCUT2D eigenvalue weighted by Crippen LogP contribution is 2.24. The van der Waals surface area contributed by atoms with Crippen LogP contribution in [0.25, 0.3) is 0 Å². The van der Waals surface area contributed by atoms with Gasteiger partial charge in [0.1, 0.15) is 11.8 Å². The van der Waals surface area contributed by atoms with Crippen LogP contribution in [-0.2, 0) is 4.79 Å². The molecule has 0 spiro atoms. The lowest BCUT2D eigenvalue weighted by molar-refractivity contribution is -0.134. The van der Waals surface area contributed by atoms with Gasteiger partial charge < -0.3 is 19.9 Å². The molecule has 182 valence electrons. The SMILES string of the molecule is CCN(CC)C(=O)C(NC(=O)c1ccc(OC)cc1)C1CCN(C(=O)c2cccc(C)c2)CC1. The number of hydrogen-bond donors (Lipinski definition) is 1. The van der Waals surface area contributed by atoms with Gasteiger partial charge in [0.05, 0.1) is 7.11 Å². The van der Waals surface area contributed by atoms with Gasteiger partial charge in [-0.1, -0.05) is 17.7 Å². The number of likely N-dealkylation sites (tertiary alicyclic amines) is 1. The lowest BCUT2D eigenvalue weighted by Gasteiger charge is -2.37. The molecule has 34 heavy (non-hydrogen) atoms. The summed E-state index contributed by atoms with van der Waals surface area (Å²) in [7, 11) is 1.57. The number of likely N-dealkylation sites (N-methyl/N-ethyl adjacent to an activating group) is 1. The number of nitrogens with zero attached hydrogens (tertiary/aromatic N) is 2. The average molecular weight is 466 g/mol. The summed E-state index contributed by atoms with van der Waals surface area (Å²) >= 11 is 0. The first kappa shape index (κ1) is 25.3. The molecule has 1 aliphatic rings. The molecule has 0 bridgehead atoms. The van der Waals surface area contributed by atoms with Crippen molar-refractivity contribution in [1.82, 2.24) is 15.1 Å². The van der Waals surface area contributed by atoms with E-state index in [0.717, 1.165) is 5.56 Å². The molecule has 0 aromatic heterocycles. The molecule has 3 amide bonds. The van der Waals surface area contributed by atoms with Crippen molar-refractivity contribution in [3.63, 3.8) is 0 Å². The maximum absolute atomic E-state index is 13.4. The molecule has 1 aliphatic heterocycles. The number of hydrogen-bond acceptors (Lipinski definition) is 4. The molecule has 7 nitrogen and oxygen atoms in total. The first-order chi connectivity index (χ1) is 16.4. The van der Waals surface area contributed by atoms with Gasteiger partial charge >= 0.3 is 0 Å². The zero-order valence-corrected chi connectivity index (χ0v) is 20.5. The third-order valence-electron chi connectivity index (χ3n) is 6.54. The molecule has 1 N–H and O–H groups in total. The van der Waals surface area contributed by atoms with Crippen LogP contribution in [-0.4, -0.2) is 66.9 Å². The van der Waals surface area contributed by atoms with Crippen LogP contribution in [0.15, 0.2) is 48.5 Å². The van der Waals surface area contributed by atoms with Crippen LogP contribution < -0.4 is 10.1 Å². The lowest BCUT2D eigenvalue weighted by Crippen LogP contribution is -2.54. The third kappa shape index (κ3) is 5.95. The van der Waals surface area contributed by atoms with Crippen LogP contribution >= 0.6 is 0 Å². The molecule has 0 radical (unpaired) electrons. The maximum Gasteiger partial charge on any atom is 0.253 e. The van der Waals surface area contributed by atoms with E-state index >= 15 is 0 Å². The number of ether oxygens (including phenoxy) is 1. The van der Waals surface area contributed by atoms with Crippen molar-refractivity contribution < 1.29 is 19.1 Å². The smallest absolute Gasteiger partial charge is 0.253 e. The van der Waals surface area contributed by atoms with Gasteiger partial charge in [-0.2, -0.15) is 0 Å². The van der Waals surface area contributed by atoms with E-state index in [2.05, 4.69) is 5.32 Å². The van der Waals surface area contributed by atoms with Crippen LogP contribution in [0.1, 0.15) is 53.0 Å².